The van der Waals surface area contributed by atoms with Gasteiger partial charge < -0.3 is 9.80 Å². The predicted octanol–water partition coefficient (Wildman–Crippen LogP) is 4.13. The molecule has 0 N–H and O–H groups in total. The third kappa shape index (κ3) is 5.06. The van der Waals surface area contributed by atoms with E-state index in [1.165, 1.54) is 39.1 Å². The molecule has 5 rings (SSSR count). The van der Waals surface area contributed by atoms with Crippen LogP contribution in [0.15, 0.2) is 59.4 Å². The van der Waals surface area contributed by atoms with Crippen LogP contribution < -0.4 is 0 Å². The van der Waals surface area contributed by atoms with E-state index in [1.54, 1.807) is 38.1 Å². The van der Waals surface area contributed by atoms with Gasteiger partial charge in [-0.3, -0.25) is 19.3 Å². The first-order chi connectivity index (χ1) is 18.9. The molecular weight excluding hydrogens is 599 g/mol. The molecule has 3 heterocycles. The fourth-order valence-electron chi connectivity index (χ4n) is 5.31. The van der Waals surface area contributed by atoms with Crippen LogP contribution in [0.4, 0.5) is 0 Å². The Balaban J connectivity index is 1.67. The van der Waals surface area contributed by atoms with Crippen LogP contribution in [0.1, 0.15) is 32.3 Å². The Bertz CT molecular complexity index is 1510. The van der Waals surface area contributed by atoms with E-state index in [0.29, 0.717) is 18.0 Å². The highest BCUT2D eigenvalue weighted by molar-refractivity contribution is 7.89. The summed E-state index contributed by atoms with van der Waals surface area (Å²) in [5.41, 5.74) is 0.732. The van der Waals surface area contributed by atoms with E-state index in [1.807, 2.05) is 0 Å². The number of likely N-dealkylation sites (tertiary alicyclic amines) is 1. The van der Waals surface area contributed by atoms with Crippen molar-refractivity contribution in [2.45, 2.75) is 56.1 Å². The van der Waals surface area contributed by atoms with Gasteiger partial charge in [0.05, 0.1) is 11.6 Å². The summed E-state index contributed by atoms with van der Waals surface area (Å²) < 4.78 is 29.4. The Morgan fingerprint density at radius 1 is 0.950 bits per heavy atom. The molecule has 0 saturated carbocycles. The van der Waals surface area contributed by atoms with Crippen LogP contribution in [0.25, 0.3) is 0 Å². The molecule has 40 heavy (non-hydrogen) atoms. The third-order valence-electron chi connectivity index (χ3n) is 7.32. The van der Waals surface area contributed by atoms with E-state index in [0.717, 1.165) is 9.87 Å². The number of halogens is 3. The van der Waals surface area contributed by atoms with Gasteiger partial charge >= 0.3 is 0 Å². The van der Waals surface area contributed by atoms with Crippen LogP contribution in [0, 0.1) is 0 Å². The molecule has 9 nitrogen and oxygen atoms in total. The third-order valence-corrected chi connectivity index (χ3v) is 10.1. The average molecular weight is 626 g/mol. The van der Waals surface area contributed by atoms with E-state index in [4.69, 9.17) is 34.8 Å². The highest BCUT2D eigenvalue weighted by Gasteiger charge is 2.52. The lowest BCUT2D eigenvalue weighted by molar-refractivity contribution is -0.154. The first-order valence-corrected chi connectivity index (χ1v) is 15.4. The fourth-order valence-corrected chi connectivity index (χ4v) is 7.64. The first-order valence-electron chi connectivity index (χ1n) is 12.8. The number of carbonyl (C=O) groups excluding carboxylic acids is 3. The minimum Gasteiger partial charge on any atom is -0.329 e. The number of fused-ring (bicyclic) bond motifs is 1. The van der Waals surface area contributed by atoms with Crippen LogP contribution in [0.3, 0.4) is 0 Å². The largest absolute Gasteiger partial charge is 0.329 e. The highest BCUT2D eigenvalue weighted by Crippen LogP contribution is 2.38. The summed E-state index contributed by atoms with van der Waals surface area (Å²) in [4.78, 5) is 44.6. The van der Waals surface area contributed by atoms with Crippen molar-refractivity contribution >= 4 is 62.5 Å². The standard InChI is InChI=1S/C27H27Cl3N4O5S/c1-16(2)32-15-24-33(40(38,39)23-10-9-19(29)13-20(23)30)14-22(31-11-3-4-25(31)35)27(37)34(24)21(26(32)36)12-17-5-7-18(28)8-6-17/h5-10,13,15-16,21-22H,3-4,11-12,14H2,1-2H3. The van der Waals surface area contributed by atoms with Crippen LogP contribution in [-0.4, -0.2) is 76.4 Å². The quantitative estimate of drug-likeness (QED) is 0.481. The maximum atomic E-state index is 14.2. The van der Waals surface area contributed by atoms with Crippen molar-refractivity contribution in [3.8, 4) is 0 Å². The topological polar surface area (TPSA) is 98.3 Å². The Hall–Kier alpha value is -2.79. The van der Waals surface area contributed by atoms with Gasteiger partial charge in [-0.1, -0.05) is 46.9 Å². The molecule has 13 heteroatoms. The Morgan fingerprint density at radius 2 is 1.62 bits per heavy atom. The number of hydrogen-bond acceptors (Lipinski definition) is 5. The number of nitrogens with zero attached hydrogens (tertiary/aromatic N) is 4. The molecule has 2 aromatic rings. The summed E-state index contributed by atoms with van der Waals surface area (Å²) >= 11 is 18.4. The maximum Gasteiger partial charge on any atom is 0.267 e. The molecular formula is C27H27Cl3N4O5S. The van der Waals surface area contributed by atoms with Gasteiger partial charge in [-0.2, -0.15) is 0 Å². The van der Waals surface area contributed by atoms with E-state index in [2.05, 4.69) is 0 Å². The maximum absolute atomic E-state index is 14.2. The summed E-state index contributed by atoms with van der Waals surface area (Å²) in [6.45, 7) is 3.60. The zero-order valence-electron chi connectivity index (χ0n) is 21.8. The van der Waals surface area contributed by atoms with Gasteiger partial charge in [-0.05, 0) is 56.2 Å². The van der Waals surface area contributed by atoms with E-state index in [9.17, 15) is 22.8 Å². The zero-order valence-corrected chi connectivity index (χ0v) is 24.8. The van der Waals surface area contributed by atoms with Crippen molar-refractivity contribution in [1.29, 1.82) is 0 Å². The summed E-state index contributed by atoms with van der Waals surface area (Å²) in [5.74, 6) is -1.09. The first kappa shape index (κ1) is 28.7. The van der Waals surface area contributed by atoms with Crippen LogP contribution >= 0.6 is 34.8 Å². The summed E-state index contributed by atoms with van der Waals surface area (Å²) in [7, 11) is -4.36. The number of amides is 3. The fraction of sp³-hybridized carbons (Fsp3) is 0.370. The highest BCUT2D eigenvalue weighted by atomic mass is 35.5. The Labute approximate surface area is 247 Å². The lowest BCUT2D eigenvalue weighted by Gasteiger charge is -2.50. The molecule has 2 aromatic carbocycles. The van der Waals surface area contributed by atoms with E-state index in [-0.39, 0.29) is 58.0 Å². The molecule has 0 bridgehead atoms. The van der Waals surface area contributed by atoms with E-state index >= 15 is 0 Å². The molecule has 3 aliphatic heterocycles. The van der Waals surface area contributed by atoms with Gasteiger partial charge in [0.25, 0.3) is 15.9 Å². The molecule has 0 aromatic heterocycles. The number of hydrogen-bond donors (Lipinski definition) is 0. The summed E-state index contributed by atoms with van der Waals surface area (Å²) in [6.07, 6.45) is 2.32. The molecule has 0 aliphatic carbocycles. The van der Waals surface area contributed by atoms with Gasteiger partial charge in [0.1, 0.15) is 22.8 Å². The van der Waals surface area contributed by atoms with Crippen molar-refractivity contribution in [3.05, 3.63) is 75.1 Å². The van der Waals surface area contributed by atoms with Crippen molar-refractivity contribution in [2.24, 2.45) is 0 Å². The monoisotopic (exact) mass is 624 g/mol. The lowest BCUT2D eigenvalue weighted by atomic mass is 9.98. The van der Waals surface area contributed by atoms with Gasteiger partial charge in [0.2, 0.25) is 11.8 Å². The van der Waals surface area contributed by atoms with E-state index < -0.39 is 28.0 Å². The molecule has 0 spiro atoms. The van der Waals surface area contributed by atoms with Gasteiger partial charge in [-0.25, -0.2) is 12.7 Å². The van der Waals surface area contributed by atoms with Gasteiger partial charge in [0.15, 0.2) is 0 Å². The Kier molecular flexibility index (Phi) is 7.82. The molecule has 3 amide bonds. The number of sulfonamides is 1. The molecule has 2 atom stereocenters. The lowest BCUT2D eigenvalue weighted by Crippen LogP contribution is -2.67. The summed E-state index contributed by atoms with van der Waals surface area (Å²) in [6, 6.07) is 8.42. The molecule has 0 radical (unpaired) electrons. The van der Waals surface area contributed by atoms with Crippen molar-refractivity contribution in [1.82, 2.24) is 19.0 Å². The smallest absolute Gasteiger partial charge is 0.267 e. The number of benzene rings is 2. The normalized spacial score (nSPS) is 21.9. The SMILES string of the molecule is CC(C)N1C=C2N(C(=O)C(N3CCCC3=O)CN2S(=O)(=O)c2ccc(Cl)cc2Cl)C(Cc2ccc(Cl)cc2)C1=O. The second-order valence-corrected chi connectivity index (χ2v) is 13.3. The molecule has 2 unspecified atom stereocenters. The van der Waals surface area contributed by atoms with Crippen molar-refractivity contribution in [2.75, 3.05) is 13.1 Å². The molecule has 2 fully saturated rings. The number of carbonyl (C=O) groups is 3. The molecule has 3 aliphatic rings. The van der Waals surface area contributed by atoms with Crippen molar-refractivity contribution in [3.63, 3.8) is 0 Å². The van der Waals surface area contributed by atoms with Crippen LogP contribution in [-0.2, 0) is 30.8 Å². The second kappa shape index (κ2) is 10.9. The predicted molar refractivity (Wildman–Crippen MR) is 151 cm³/mol. The molecule has 2 saturated heterocycles. The average Bonchev–Trinajstić information content (AvgIpc) is 3.31. The second-order valence-electron chi connectivity index (χ2n) is 10.2. The van der Waals surface area contributed by atoms with Gasteiger partial charge in [-0.15, -0.1) is 0 Å². The summed E-state index contributed by atoms with van der Waals surface area (Å²) in [5, 5.41) is 0.689. The number of rotatable bonds is 6. The minimum atomic E-state index is -4.36. The Morgan fingerprint density at radius 3 is 2.23 bits per heavy atom. The van der Waals surface area contributed by atoms with Gasteiger partial charge in [0, 0.05) is 41.7 Å². The van der Waals surface area contributed by atoms with Crippen LogP contribution in [0.2, 0.25) is 15.1 Å². The van der Waals surface area contributed by atoms with Crippen molar-refractivity contribution < 1.29 is 22.8 Å². The zero-order chi connectivity index (χ0) is 28.9. The minimum absolute atomic E-state index is 0.0196. The molecule has 212 valence electrons. The van der Waals surface area contributed by atoms with Crippen LogP contribution in [0.5, 0.6) is 0 Å².